The average Bonchev–Trinajstić information content (AvgIpc) is 2.49. The number of nitrogens with zero attached hydrogens (tertiary/aromatic N) is 1. The highest BCUT2D eigenvalue weighted by Crippen LogP contribution is 2.40. The first-order chi connectivity index (χ1) is 9.75. The Morgan fingerprint density at radius 1 is 1.05 bits per heavy atom. The number of benzene rings is 2. The molecular formula is C16H14BrNOS. The maximum absolute atomic E-state index is 12.3. The second-order valence-corrected chi connectivity index (χ2v) is 6.73. The fourth-order valence-corrected chi connectivity index (χ4v) is 3.84. The van der Waals surface area contributed by atoms with Crippen LogP contribution in [0, 0.1) is 0 Å². The summed E-state index contributed by atoms with van der Waals surface area (Å²) < 4.78 is 1.06. The fourth-order valence-electron chi connectivity index (χ4n) is 2.32. The summed E-state index contributed by atoms with van der Waals surface area (Å²) in [5.74, 6) is 1.07. The van der Waals surface area contributed by atoms with Crippen LogP contribution in [-0.2, 0) is 4.79 Å². The van der Waals surface area contributed by atoms with Crippen LogP contribution in [0.25, 0.3) is 0 Å². The molecule has 0 saturated carbocycles. The van der Waals surface area contributed by atoms with Gasteiger partial charge >= 0.3 is 0 Å². The Balaban J connectivity index is 1.98. The van der Waals surface area contributed by atoms with Crippen LogP contribution in [0.3, 0.4) is 0 Å². The maximum Gasteiger partial charge on any atom is 0.229 e. The summed E-state index contributed by atoms with van der Waals surface area (Å²) in [7, 11) is 0. The van der Waals surface area contributed by atoms with Gasteiger partial charge in [0.25, 0.3) is 0 Å². The number of thioether (sulfide) groups is 1. The summed E-state index contributed by atoms with van der Waals surface area (Å²) in [4.78, 5) is 14.3. The van der Waals surface area contributed by atoms with Gasteiger partial charge in [-0.25, -0.2) is 0 Å². The van der Waals surface area contributed by atoms with Gasteiger partial charge < -0.3 is 0 Å². The van der Waals surface area contributed by atoms with E-state index in [0.717, 1.165) is 21.5 Å². The molecule has 2 aromatic carbocycles. The van der Waals surface area contributed by atoms with Crippen molar-refractivity contribution in [1.82, 2.24) is 0 Å². The van der Waals surface area contributed by atoms with Crippen LogP contribution in [0.4, 0.5) is 5.69 Å². The number of amides is 1. The highest BCUT2D eigenvalue weighted by Gasteiger charge is 2.30. The number of para-hydroxylation sites is 1. The van der Waals surface area contributed by atoms with Crippen LogP contribution in [0.5, 0.6) is 0 Å². The minimum atomic E-state index is 0.0618. The molecule has 0 radical (unpaired) electrons. The molecule has 0 bridgehead atoms. The minimum Gasteiger partial charge on any atom is -0.296 e. The van der Waals surface area contributed by atoms with E-state index in [9.17, 15) is 4.79 Å². The van der Waals surface area contributed by atoms with Crippen molar-refractivity contribution < 1.29 is 4.79 Å². The lowest BCUT2D eigenvalue weighted by atomic mass is 10.1. The van der Waals surface area contributed by atoms with Crippen molar-refractivity contribution in [3.05, 3.63) is 64.6 Å². The van der Waals surface area contributed by atoms with Gasteiger partial charge in [-0.3, -0.25) is 9.69 Å². The van der Waals surface area contributed by atoms with Gasteiger partial charge in [-0.2, -0.15) is 0 Å². The van der Waals surface area contributed by atoms with Crippen molar-refractivity contribution in [2.45, 2.75) is 11.8 Å². The van der Waals surface area contributed by atoms with Gasteiger partial charge in [0.1, 0.15) is 5.37 Å². The molecule has 1 amide bonds. The molecule has 0 spiro atoms. The third-order valence-corrected chi connectivity index (χ3v) is 5.05. The van der Waals surface area contributed by atoms with Crippen molar-refractivity contribution in [2.75, 3.05) is 10.7 Å². The molecule has 3 rings (SSSR count). The number of anilines is 1. The van der Waals surface area contributed by atoms with Gasteiger partial charge in [0, 0.05) is 22.3 Å². The van der Waals surface area contributed by atoms with Gasteiger partial charge in [0.2, 0.25) is 5.91 Å². The summed E-state index contributed by atoms with van der Waals surface area (Å²) in [6.07, 6.45) is 0.604. The van der Waals surface area contributed by atoms with E-state index in [4.69, 9.17) is 0 Å². The van der Waals surface area contributed by atoms with Crippen molar-refractivity contribution >= 4 is 39.3 Å². The van der Waals surface area contributed by atoms with E-state index < -0.39 is 0 Å². The van der Waals surface area contributed by atoms with Crippen molar-refractivity contribution in [3.8, 4) is 0 Å². The Hall–Kier alpha value is -1.26. The average molecular weight is 348 g/mol. The third-order valence-electron chi connectivity index (χ3n) is 3.28. The molecule has 1 unspecified atom stereocenters. The number of carbonyl (C=O) groups is 1. The van der Waals surface area contributed by atoms with Gasteiger partial charge in [-0.1, -0.05) is 46.3 Å². The topological polar surface area (TPSA) is 20.3 Å². The number of hydrogen-bond acceptors (Lipinski definition) is 2. The lowest BCUT2D eigenvalue weighted by molar-refractivity contribution is -0.118. The van der Waals surface area contributed by atoms with Gasteiger partial charge in [-0.15, -0.1) is 11.8 Å². The van der Waals surface area contributed by atoms with E-state index in [0.29, 0.717) is 6.42 Å². The molecule has 2 nitrogen and oxygen atoms in total. The first-order valence-electron chi connectivity index (χ1n) is 6.50. The van der Waals surface area contributed by atoms with Crippen molar-refractivity contribution in [2.24, 2.45) is 0 Å². The molecule has 4 heteroatoms. The van der Waals surface area contributed by atoms with Crippen LogP contribution < -0.4 is 4.90 Å². The Labute approximate surface area is 131 Å². The zero-order valence-corrected chi connectivity index (χ0v) is 13.2. The van der Waals surface area contributed by atoms with Gasteiger partial charge in [-0.05, 0) is 29.8 Å². The molecule has 1 aliphatic rings. The Kier molecular flexibility index (Phi) is 4.13. The molecule has 0 aliphatic carbocycles. The Morgan fingerprint density at radius 2 is 1.75 bits per heavy atom. The van der Waals surface area contributed by atoms with E-state index in [1.54, 1.807) is 0 Å². The zero-order chi connectivity index (χ0) is 13.9. The van der Waals surface area contributed by atoms with Crippen LogP contribution in [-0.4, -0.2) is 11.7 Å². The smallest absolute Gasteiger partial charge is 0.229 e. The number of carbonyl (C=O) groups excluding carboxylic acids is 1. The van der Waals surface area contributed by atoms with Crippen LogP contribution in [0.1, 0.15) is 17.4 Å². The predicted octanol–water partition coefficient (Wildman–Crippen LogP) is 4.62. The maximum atomic E-state index is 12.3. The van der Waals surface area contributed by atoms with E-state index in [1.165, 1.54) is 0 Å². The van der Waals surface area contributed by atoms with Crippen LogP contribution in [0.15, 0.2) is 59.1 Å². The molecule has 0 N–H and O–H groups in total. The normalized spacial score (nSPS) is 19.1. The second-order valence-electron chi connectivity index (χ2n) is 4.62. The van der Waals surface area contributed by atoms with Crippen LogP contribution >= 0.6 is 27.7 Å². The predicted molar refractivity (Wildman–Crippen MR) is 87.9 cm³/mol. The van der Waals surface area contributed by atoms with Gasteiger partial charge in [0.15, 0.2) is 0 Å². The second kappa shape index (κ2) is 6.02. The minimum absolute atomic E-state index is 0.0618. The number of halogens is 1. The zero-order valence-electron chi connectivity index (χ0n) is 10.8. The van der Waals surface area contributed by atoms with E-state index in [1.807, 2.05) is 59.1 Å². The molecule has 1 aliphatic heterocycles. The molecule has 1 saturated heterocycles. The van der Waals surface area contributed by atoms with E-state index in [2.05, 4.69) is 28.1 Å². The molecule has 1 atom stereocenters. The molecule has 2 aromatic rings. The van der Waals surface area contributed by atoms with Crippen LogP contribution in [0.2, 0.25) is 0 Å². The van der Waals surface area contributed by atoms with Crippen molar-refractivity contribution in [3.63, 3.8) is 0 Å². The lowest BCUT2D eigenvalue weighted by Gasteiger charge is -2.35. The molecule has 1 fully saturated rings. The first kappa shape index (κ1) is 13.7. The third kappa shape index (κ3) is 2.76. The summed E-state index contributed by atoms with van der Waals surface area (Å²) in [5, 5.41) is 0.0618. The largest absolute Gasteiger partial charge is 0.296 e. The summed E-state index contributed by atoms with van der Waals surface area (Å²) in [6, 6.07) is 18.1. The van der Waals surface area contributed by atoms with E-state index in [-0.39, 0.29) is 11.3 Å². The first-order valence-corrected chi connectivity index (χ1v) is 8.34. The van der Waals surface area contributed by atoms with Crippen molar-refractivity contribution in [1.29, 1.82) is 0 Å². The Morgan fingerprint density at radius 3 is 2.45 bits per heavy atom. The molecular weight excluding hydrogens is 334 g/mol. The Bertz CT molecular complexity index is 600. The highest BCUT2D eigenvalue weighted by molar-refractivity contribution is 9.10. The lowest BCUT2D eigenvalue weighted by Crippen LogP contribution is -2.37. The molecule has 1 heterocycles. The molecule has 20 heavy (non-hydrogen) atoms. The molecule has 102 valence electrons. The number of rotatable bonds is 2. The van der Waals surface area contributed by atoms with E-state index >= 15 is 0 Å². The summed E-state index contributed by atoms with van der Waals surface area (Å²) >= 11 is 5.27. The van der Waals surface area contributed by atoms with Gasteiger partial charge in [0.05, 0.1) is 0 Å². The number of hydrogen-bond donors (Lipinski definition) is 0. The SMILES string of the molecule is O=C1CCSC(c2ccc(Br)cc2)N1c1ccccc1. The summed E-state index contributed by atoms with van der Waals surface area (Å²) in [5.41, 5.74) is 2.13. The monoisotopic (exact) mass is 347 g/mol. The molecule has 0 aromatic heterocycles. The highest BCUT2D eigenvalue weighted by atomic mass is 79.9. The standard InChI is InChI=1S/C16H14BrNOS/c17-13-8-6-12(7-9-13)16-18(15(19)10-11-20-16)14-4-2-1-3-5-14/h1-9,16H,10-11H2. The quantitative estimate of drug-likeness (QED) is 0.789. The summed E-state index contributed by atoms with van der Waals surface area (Å²) in [6.45, 7) is 0. The fraction of sp³-hybridized carbons (Fsp3) is 0.188.